The molecule has 0 heterocycles. The summed E-state index contributed by atoms with van der Waals surface area (Å²) >= 11 is 0. The molecule has 0 saturated heterocycles. The van der Waals surface area contributed by atoms with Crippen LogP contribution >= 0.6 is 0 Å². The molecule has 26 heavy (non-hydrogen) atoms. The zero-order chi connectivity index (χ0) is 19.1. The van der Waals surface area contributed by atoms with E-state index in [4.69, 9.17) is 9.47 Å². The van der Waals surface area contributed by atoms with Crippen molar-refractivity contribution >= 4 is 17.9 Å². The lowest BCUT2D eigenvalue weighted by Crippen LogP contribution is -2.41. The molecule has 0 aliphatic carbocycles. The number of carbonyl (C=O) groups excluding carboxylic acids is 3. The Kier molecular flexibility index (Phi) is 6.15. The predicted molar refractivity (Wildman–Crippen MR) is 91.9 cm³/mol. The van der Waals surface area contributed by atoms with Gasteiger partial charge in [-0.25, -0.2) is 9.59 Å². The van der Waals surface area contributed by atoms with E-state index >= 15 is 0 Å². The maximum absolute atomic E-state index is 12.5. The van der Waals surface area contributed by atoms with E-state index in [1.165, 1.54) is 32.4 Å². The van der Waals surface area contributed by atoms with Crippen molar-refractivity contribution in [3.8, 4) is 11.5 Å². The van der Waals surface area contributed by atoms with Crippen LogP contribution in [0.1, 0.15) is 22.0 Å². The first-order valence-corrected chi connectivity index (χ1v) is 7.61. The van der Waals surface area contributed by atoms with Gasteiger partial charge in [-0.3, -0.25) is 10.1 Å². The van der Waals surface area contributed by atoms with Gasteiger partial charge in [-0.05, 0) is 18.2 Å². The van der Waals surface area contributed by atoms with E-state index in [0.29, 0.717) is 11.3 Å². The molecule has 0 radical (unpaired) electrons. The summed E-state index contributed by atoms with van der Waals surface area (Å²) in [5.41, 5.74) is 0.197. The Bertz CT molecular complexity index is 807. The van der Waals surface area contributed by atoms with Crippen LogP contribution in [0.15, 0.2) is 48.5 Å². The molecular formula is C18H18N2O6. The summed E-state index contributed by atoms with van der Waals surface area (Å²) in [6.45, 7) is 0. The van der Waals surface area contributed by atoms with Crippen LogP contribution in [0.4, 0.5) is 4.79 Å². The fourth-order valence-electron chi connectivity index (χ4n) is 2.12. The summed E-state index contributed by atoms with van der Waals surface area (Å²) in [7, 11) is 2.76. The molecule has 136 valence electrons. The third-order valence-corrected chi connectivity index (χ3v) is 3.45. The maximum Gasteiger partial charge on any atom is 0.343 e. The monoisotopic (exact) mass is 358 g/mol. The number of benzene rings is 2. The predicted octanol–water partition coefficient (Wildman–Crippen LogP) is 1.75. The fraction of sp³-hybridized carbons (Fsp3) is 0.167. The van der Waals surface area contributed by atoms with Crippen LogP contribution in [-0.2, 0) is 9.53 Å². The summed E-state index contributed by atoms with van der Waals surface area (Å²) in [5, 5.41) is 14.2. The second kappa shape index (κ2) is 8.52. The van der Waals surface area contributed by atoms with Crippen LogP contribution < -0.4 is 15.4 Å². The number of amides is 3. The lowest BCUT2D eigenvalue weighted by atomic mass is 10.1. The molecule has 0 unspecified atom stereocenters. The van der Waals surface area contributed by atoms with Crippen LogP contribution in [0.5, 0.6) is 11.5 Å². The number of hydrogen-bond donors (Lipinski definition) is 3. The van der Waals surface area contributed by atoms with Crippen molar-refractivity contribution in [2.75, 3.05) is 14.2 Å². The maximum atomic E-state index is 12.5. The number of phenolic OH excluding ortho intramolecular Hbond substituents is 1. The molecule has 0 aromatic heterocycles. The largest absolute Gasteiger partial charge is 0.507 e. The van der Waals surface area contributed by atoms with Gasteiger partial charge in [-0.15, -0.1) is 0 Å². The van der Waals surface area contributed by atoms with Gasteiger partial charge in [0.1, 0.15) is 17.1 Å². The van der Waals surface area contributed by atoms with Crippen molar-refractivity contribution in [2.45, 2.75) is 6.10 Å². The van der Waals surface area contributed by atoms with Gasteiger partial charge >= 0.3 is 12.0 Å². The zero-order valence-corrected chi connectivity index (χ0v) is 14.2. The number of methoxy groups -OCH3 is 1. The Labute approximate surface area is 149 Å². The molecule has 0 spiro atoms. The first-order chi connectivity index (χ1) is 12.5. The summed E-state index contributed by atoms with van der Waals surface area (Å²) in [5.74, 6) is -1.76. The molecule has 8 heteroatoms. The van der Waals surface area contributed by atoms with E-state index in [2.05, 4.69) is 10.6 Å². The van der Waals surface area contributed by atoms with Crippen LogP contribution in [0.3, 0.4) is 0 Å². The average molecular weight is 358 g/mol. The number of urea groups is 1. The number of hydrogen-bond acceptors (Lipinski definition) is 6. The van der Waals surface area contributed by atoms with Crippen LogP contribution in [-0.4, -0.2) is 37.2 Å². The summed E-state index contributed by atoms with van der Waals surface area (Å²) < 4.78 is 10.3. The van der Waals surface area contributed by atoms with Gasteiger partial charge in [0, 0.05) is 12.6 Å². The molecule has 0 saturated carbocycles. The highest BCUT2D eigenvalue weighted by Crippen LogP contribution is 2.26. The van der Waals surface area contributed by atoms with E-state index in [1.807, 2.05) is 0 Å². The Hall–Kier alpha value is -3.55. The first-order valence-electron chi connectivity index (χ1n) is 7.61. The van der Waals surface area contributed by atoms with Crippen molar-refractivity contribution in [3.05, 3.63) is 59.7 Å². The van der Waals surface area contributed by atoms with Crippen molar-refractivity contribution in [1.82, 2.24) is 10.6 Å². The van der Waals surface area contributed by atoms with Gasteiger partial charge in [0.25, 0.3) is 5.91 Å². The molecule has 1 atom stereocenters. The van der Waals surface area contributed by atoms with Crippen LogP contribution in [0.25, 0.3) is 0 Å². The average Bonchev–Trinajstić information content (AvgIpc) is 2.66. The lowest BCUT2D eigenvalue weighted by Gasteiger charge is -2.18. The number of carbonyl (C=O) groups is 3. The molecule has 2 aromatic rings. The van der Waals surface area contributed by atoms with Gasteiger partial charge < -0.3 is 19.9 Å². The van der Waals surface area contributed by atoms with Crippen LogP contribution in [0.2, 0.25) is 0 Å². The normalized spacial score (nSPS) is 11.2. The first kappa shape index (κ1) is 18.8. The Balaban J connectivity index is 2.30. The minimum Gasteiger partial charge on any atom is -0.507 e. The standard InChI is InChI=1S/C18H18N2O6/c1-19-18(24)20-16(22)15(11-6-4-3-5-7-11)26-17(23)13-10-12(25-2)8-9-14(13)21/h3-10,15,21H,1-2H3,(H2,19,20,22,24)/t15-/m0/s1. The highest BCUT2D eigenvalue weighted by Gasteiger charge is 2.28. The third-order valence-electron chi connectivity index (χ3n) is 3.45. The molecule has 2 rings (SSSR count). The van der Waals surface area contributed by atoms with Crippen molar-refractivity contribution in [3.63, 3.8) is 0 Å². The number of ether oxygens (including phenoxy) is 2. The van der Waals surface area contributed by atoms with Gasteiger partial charge in [0.2, 0.25) is 6.10 Å². The smallest absolute Gasteiger partial charge is 0.343 e. The molecule has 3 N–H and O–H groups in total. The zero-order valence-electron chi connectivity index (χ0n) is 14.2. The Morgan fingerprint density at radius 1 is 1.08 bits per heavy atom. The third kappa shape index (κ3) is 4.50. The van der Waals surface area contributed by atoms with E-state index < -0.39 is 24.0 Å². The van der Waals surface area contributed by atoms with Crippen LogP contribution in [0, 0.1) is 0 Å². The number of imide groups is 1. The highest BCUT2D eigenvalue weighted by atomic mass is 16.5. The summed E-state index contributed by atoms with van der Waals surface area (Å²) in [4.78, 5) is 36.2. The minimum atomic E-state index is -1.38. The minimum absolute atomic E-state index is 0.168. The Morgan fingerprint density at radius 3 is 2.38 bits per heavy atom. The van der Waals surface area contributed by atoms with E-state index in [9.17, 15) is 19.5 Å². The second-order valence-electron chi connectivity index (χ2n) is 5.15. The number of rotatable bonds is 5. The number of phenols is 1. The molecule has 0 aliphatic heterocycles. The highest BCUT2D eigenvalue weighted by molar-refractivity contribution is 5.99. The summed E-state index contributed by atoms with van der Waals surface area (Å²) in [6.07, 6.45) is -1.38. The molecular weight excluding hydrogens is 340 g/mol. The molecule has 2 aromatic carbocycles. The quantitative estimate of drug-likeness (QED) is 0.702. The number of nitrogens with one attached hydrogen (secondary N) is 2. The molecule has 0 fully saturated rings. The van der Waals surface area contributed by atoms with Crippen molar-refractivity contribution in [2.24, 2.45) is 0 Å². The number of aromatic hydroxyl groups is 1. The van der Waals surface area contributed by atoms with E-state index in [1.54, 1.807) is 30.3 Å². The molecule has 3 amide bonds. The van der Waals surface area contributed by atoms with Gasteiger partial charge in [0.05, 0.1) is 7.11 Å². The molecule has 0 aliphatic rings. The van der Waals surface area contributed by atoms with Gasteiger partial charge in [0.15, 0.2) is 0 Å². The van der Waals surface area contributed by atoms with Gasteiger partial charge in [-0.1, -0.05) is 30.3 Å². The van der Waals surface area contributed by atoms with E-state index in [-0.39, 0.29) is 11.3 Å². The topological polar surface area (TPSA) is 114 Å². The van der Waals surface area contributed by atoms with Crippen molar-refractivity contribution in [1.29, 1.82) is 0 Å². The van der Waals surface area contributed by atoms with Gasteiger partial charge in [-0.2, -0.15) is 0 Å². The number of esters is 1. The van der Waals surface area contributed by atoms with E-state index in [0.717, 1.165) is 0 Å². The second-order valence-corrected chi connectivity index (χ2v) is 5.15. The van der Waals surface area contributed by atoms with Crippen molar-refractivity contribution < 1.29 is 29.0 Å². The fourth-order valence-corrected chi connectivity index (χ4v) is 2.12. The summed E-state index contributed by atoms with van der Waals surface area (Å²) in [6, 6.07) is 11.5. The molecule has 8 nitrogen and oxygen atoms in total. The lowest BCUT2D eigenvalue weighted by molar-refractivity contribution is -0.129. The Morgan fingerprint density at radius 2 is 1.77 bits per heavy atom. The molecule has 0 bridgehead atoms. The SMILES string of the molecule is CNC(=O)NC(=O)[C@@H](OC(=O)c1cc(OC)ccc1O)c1ccccc1.